The molecule has 0 saturated carbocycles. The van der Waals surface area contributed by atoms with Gasteiger partial charge >= 0.3 is 0 Å². The fourth-order valence-electron chi connectivity index (χ4n) is 2.83. The zero-order chi connectivity index (χ0) is 19.6. The molecule has 2 aromatic carbocycles. The molecule has 1 atom stereocenters. The van der Waals surface area contributed by atoms with Gasteiger partial charge in [-0.05, 0) is 36.8 Å². The van der Waals surface area contributed by atoms with E-state index in [0.29, 0.717) is 0 Å². The normalized spacial score (nSPS) is 11.6. The molecule has 0 aliphatic heterocycles. The van der Waals surface area contributed by atoms with Crippen LogP contribution in [0, 0.1) is 17.1 Å². The fourth-order valence-corrected chi connectivity index (χ4v) is 2.83. The summed E-state index contributed by atoms with van der Waals surface area (Å²) >= 11 is 0. The van der Waals surface area contributed by atoms with Crippen molar-refractivity contribution in [2.75, 3.05) is 0 Å². The summed E-state index contributed by atoms with van der Waals surface area (Å²) in [5, 5.41) is 19.2. The minimum absolute atomic E-state index is 0.00910. The van der Waals surface area contributed by atoms with Crippen LogP contribution >= 0.6 is 0 Å². The van der Waals surface area contributed by atoms with Crippen molar-refractivity contribution in [3.05, 3.63) is 99.2 Å². The van der Waals surface area contributed by atoms with E-state index in [9.17, 15) is 24.3 Å². The van der Waals surface area contributed by atoms with Crippen molar-refractivity contribution in [2.45, 2.75) is 13.0 Å². The summed E-state index contributed by atoms with van der Waals surface area (Å²) in [5.74, 6) is -1.74. The number of phenolic OH excluding ortho intramolecular Hbond substituents is 1. The monoisotopic (exact) mass is 362 g/mol. The van der Waals surface area contributed by atoms with Crippen molar-refractivity contribution in [1.82, 2.24) is 4.57 Å². The Morgan fingerprint density at radius 1 is 1.19 bits per heavy atom. The predicted octanol–water partition coefficient (Wildman–Crippen LogP) is 3.40. The summed E-state index contributed by atoms with van der Waals surface area (Å²) in [6, 6.07) is 14.7. The predicted molar refractivity (Wildman–Crippen MR) is 97.2 cm³/mol. The molecule has 3 aromatic rings. The van der Waals surface area contributed by atoms with Crippen LogP contribution in [-0.4, -0.2) is 15.5 Å². The van der Waals surface area contributed by atoms with Crippen molar-refractivity contribution in [3.63, 3.8) is 0 Å². The molecular weight excluding hydrogens is 347 g/mol. The molecule has 5 nitrogen and oxygen atoms in total. The Hall–Kier alpha value is -3.72. The third-order valence-electron chi connectivity index (χ3n) is 4.33. The van der Waals surface area contributed by atoms with Gasteiger partial charge in [0.1, 0.15) is 23.2 Å². The minimum atomic E-state index is -0.683. The lowest BCUT2D eigenvalue weighted by molar-refractivity contribution is 0.103. The topological polar surface area (TPSA) is 83.1 Å². The number of rotatable bonds is 4. The van der Waals surface area contributed by atoms with Crippen LogP contribution in [0.25, 0.3) is 0 Å². The molecule has 0 bridgehead atoms. The standard InChI is InChI=1S/C21H15FN2O3/c1-13(14-5-3-2-4-6-14)24-12-16(9-15(11-23)21(24)27)20(26)18-10-17(22)7-8-19(18)25/h2-10,12-13,25H,1H3/t13-/m0/s1. The average molecular weight is 362 g/mol. The number of carbonyl (C=O) groups excluding carboxylic acids is 1. The van der Waals surface area contributed by atoms with Crippen LogP contribution in [0.1, 0.15) is 40.0 Å². The summed E-state index contributed by atoms with van der Waals surface area (Å²) in [7, 11) is 0. The molecule has 1 heterocycles. The zero-order valence-electron chi connectivity index (χ0n) is 14.4. The molecule has 0 saturated heterocycles. The first kappa shape index (κ1) is 18.1. The van der Waals surface area contributed by atoms with E-state index >= 15 is 0 Å². The molecule has 0 radical (unpaired) electrons. The summed E-state index contributed by atoms with van der Waals surface area (Å²) in [6.45, 7) is 1.77. The van der Waals surface area contributed by atoms with Gasteiger partial charge in [0.25, 0.3) is 5.56 Å². The van der Waals surface area contributed by atoms with Crippen molar-refractivity contribution >= 4 is 5.78 Å². The number of halogens is 1. The quantitative estimate of drug-likeness (QED) is 0.721. The lowest BCUT2D eigenvalue weighted by Crippen LogP contribution is -2.27. The maximum absolute atomic E-state index is 13.5. The lowest BCUT2D eigenvalue weighted by atomic mass is 10.0. The molecular formula is C21H15FN2O3. The molecule has 3 rings (SSSR count). The molecule has 1 aromatic heterocycles. The molecule has 0 fully saturated rings. The number of hydrogen-bond acceptors (Lipinski definition) is 4. The Labute approximate surface area is 154 Å². The van der Waals surface area contributed by atoms with Crippen LogP contribution < -0.4 is 5.56 Å². The van der Waals surface area contributed by atoms with Crippen LogP contribution in [0.3, 0.4) is 0 Å². The second-order valence-electron chi connectivity index (χ2n) is 6.04. The van der Waals surface area contributed by atoms with E-state index in [-0.39, 0.29) is 22.4 Å². The van der Waals surface area contributed by atoms with Crippen molar-refractivity contribution in [1.29, 1.82) is 5.26 Å². The largest absolute Gasteiger partial charge is 0.507 e. The summed E-state index contributed by atoms with van der Waals surface area (Å²) in [4.78, 5) is 25.3. The zero-order valence-corrected chi connectivity index (χ0v) is 14.4. The van der Waals surface area contributed by atoms with E-state index in [4.69, 9.17) is 0 Å². The highest BCUT2D eigenvalue weighted by molar-refractivity contribution is 6.10. The van der Waals surface area contributed by atoms with Gasteiger partial charge < -0.3 is 9.67 Å². The van der Waals surface area contributed by atoms with Crippen LogP contribution in [-0.2, 0) is 0 Å². The smallest absolute Gasteiger partial charge is 0.269 e. The van der Waals surface area contributed by atoms with Gasteiger partial charge in [0.15, 0.2) is 5.78 Å². The van der Waals surface area contributed by atoms with E-state index in [1.165, 1.54) is 10.8 Å². The van der Waals surface area contributed by atoms with E-state index in [2.05, 4.69) is 0 Å². The Morgan fingerprint density at radius 3 is 2.56 bits per heavy atom. The van der Waals surface area contributed by atoms with Crippen molar-refractivity contribution < 1.29 is 14.3 Å². The first-order chi connectivity index (χ1) is 12.9. The molecule has 1 N–H and O–H groups in total. The molecule has 0 unspecified atom stereocenters. The van der Waals surface area contributed by atoms with E-state index < -0.39 is 23.2 Å². The number of pyridine rings is 1. The van der Waals surface area contributed by atoms with Gasteiger partial charge in [0.2, 0.25) is 0 Å². The molecule has 0 amide bonds. The highest BCUT2D eigenvalue weighted by Crippen LogP contribution is 2.23. The molecule has 134 valence electrons. The van der Waals surface area contributed by atoms with Gasteiger partial charge in [-0.2, -0.15) is 5.26 Å². The van der Waals surface area contributed by atoms with Crippen LogP contribution in [0.15, 0.2) is 65.6 Å². The van der Waals surface area contributed by atoms with Crippen LogP contribution in [0.5, 0.6) is 5.75 Å². The number of carbonyl (C=O) groups is 1. The highest BCUT2D eigenvalue weighted by Gasteiger charge is 2.20. The first-order valence-electron chi connectivity index (χ1n) is 8.17. The van der Waals surface area contributed by atoms with E-state index in [0.717, 1.165) is 29.8 Å². The number of benzene rings is 2. The van der Waals surface area contributed by atoms with Gasteiger partial charge in [0.05, 0.1) is 11.6 Å². The Balaban J connectivity index is 2.15. The van der Waals surface area contributed by atoms with E-state index in [1.807, 2.05) is 30.3 Å². The van der Waals surface area contributed by atoms with Crippen LogP contribution in [0.4, 0.5) is 4.39 Å². The first-order valence-corrected chi connectivity index (χ1v) is 8.17. The molecule has 27 heavy (non-hydrogen) atoms. The maximum Gasteiger partial charge on any atom is 0.269 e. The second kappa shape index (κ2) is 7.26. The minimum Gasteiger partial charge on any atom is -0.507 e. The molecule has 0 aliphatic rings. The van der Waals surface area contributed by atoms with Crippen molar-refractivity contribution in [2.24, 2.45) is 0 Å². The summed E-state index contributed by atoms with van der Waals surface area (Å²) in [5.41, 5.74) is -0.152. The maximum atomic E-state index is 13.5. The summed E-state index contributed by atoms with van der Waals surface area (Å²) in [6.07, 6.45) is 1.33. The Kier molecular flexibility index (Phi) is 4.86. The molecule has 6 heteroatoms. The van der Waals surface area contributed by atoms with E-state index in [1.54, 1.807) is 13.0 Å². The number of nitriles is 1. The Bertz CT molecular complexity index is 1110. The number of aromatic hydroxyl groups is 1. The number of hydrogen-bond donors (Lipinski definition) is 1. The third kappa shape index (κ3) is 3.48. The van der Waals surface area contributed by atoms with Gasteiger partial charge in [-0.25, -0.2) is 4.39 Å². The highest BCUT2D eigenvalue weighted by atomic mass is 19.1. The lowest BCUT2D eigenvalue weighted by Gasteiger charge is -2.17. The van der Waals surface area contributed by atoms with Gasteiger partial charge in [0, 0.05) is 11.8 Å². The Morgan fingerprint density at radius 2 is 1.89 bits per heavy atom. The third-order valence-corrected chi connectivity index (χ3v) is 4.33. The number of nitrogens with zero attached hydrogens (tertiary/aromatic N) is 2. The average Bonchev–Trinajstić information content (AvgIpc) is 2.69. The summed E-state index contributed by atoms with van der Waals surface area (Å²) < 4.78 is 14.8. The number of aromatic nitrogens is 1. The second-order valence-corrected chi connectivity index (χ2v) is 6.04. The van der Waals surface area contributed by atoms with Gasteiger partial charge in [-0.3, -0.25) is 9.59 Å². The van der Waals surface area contributed by atoms with Gasteiger partial charge in [-0.1, -0.05) is 30.3 Å². The fraction of sp³-hybridized carbons (Fsp3) is 0.0952. The number of ketones is 1. The molecule has 0 spiro atoms. The molecule has 0 aliphatic carbocycles. The van der Waals surface area contributed by atoms with Crippen molar-refractivity contribution in [3.8, 4) is 11.8 Å². The van der Waals surface area contributed by atoms with Crippen LogP contribution in [0.2, 0.25) is 0 Å². The SMILES string of the molecule is C[C@@H](c1ccccc1)n1cc(C(=O)c2cc(F)ccc2O)cc(C#N)c1=O. The number of phenols is 1. The van der Waals surface area contributed by atoms with Gasteiger partial charge in [-0.15, -0.1) is 0 Å².